The average molecular weight is 224 g/mol. The van der Waals surface area contributed by atoms with Crippen molar-refractivity contribution in [3.05, 3.63) is 12.4 Å². The van der Waals surface area contributed by atoms with Crippen molar-refractivity contribution in [3.63, 3.8) is 0 Å². The number of rotatable bonds is 4. The van der Waals surface area contributed by atoms with Crippen molar-refractivity contribution in [1.29, 1.82) is 0 Å². The van der Waals surface area contributed by atoms with Crippen molar-refractivity contribution < 1.29 is 9.53 Å². The molecule has 1 aromatic rings. The van der Waals surface area contributed by atoms with E-state index in [1.807, 2.05) is 13.8 Å². The van der Waals surface area contributed by atoms with Gasteiger partial charge in [0.25, 0.3) is 0 Å². The standard InChI is InChI=1S/C10H16N4O2/c1-6(2)9(10(15)16-3)14-8-5-12-7(11)4-13-8/h4-6,9H,1-3H3,(H2,11,12)(H,13,14). The van der Waals surface area contributed by atoms with E-state index in [0.717, 1.165) is 0 Å². The molecule has 0 saturated heterocycles. The Morgan fingerprint density at radius 3 is 2.56 bits per heavy atom. The molecule has 0 spiro atoms. The fourth-order valence-electron chi connectivity index (χ4n) is 1.20. The first-order valence-corrected chi connectivity index (χ1v) is 4.96. The number of aromatic nitrogens is 2. The van der Waals surface area contributed by atoms with Gasteiger partial charge in [0, 0.05) is 0 Å². The number of carbonyl (C=O) groups excluding carboxylic acids is 1. The highest BCUT2D eigenvalue weighted by Crippen LogP contribution is 2.11. The molecule has 0 aliphatic rings. The van der Waals surface area contributed by atoms with Gasteiger partial charge in [-0.3, -0.25) is 0 Å². The first-order valence-electron chi connectivity index (χ1n) is 4.96. The van der Waals surface area contributed by atoms with Gasteiger partial charge in [-0.25, -0.2) is 14.8 Å². The number of nitrogens with two attached hydrogens (primary N) is 1. The summed E-state index contributed by atoms with van der Waals surface area (Å²) in [6, 6.07) is -0.442. The minimum Gasteiger partial charge on any atom is -0.467 e. The van der Waals surface area contributed by atoms with E-state index in [4.69, 9.17) is 10.5 Å². The summed E-state index contributed by atoms with van der Waals surface area (Å²) in [7, 11) is 1.36. The molecule has 0 radical (unpaired) electrons. The molecule has 0 aliphatic carbocycles. The van der Waals surface area contributed by atoms with E-state index in [-0.39, 0.29) is 11.9 Å². The molecular formula is C10H16N4O2. The Morgan fingerprint density at radius 1 is 1.44 bits per heavy atom. The van der Waals surface area contributed by atoms with Crippen LogP contribution >= 0.6 is 0 Å². The number of anilines is 2. The van der Waals surface area contributed by atoms with E-state index in [0.29, 0.717) is 11.6 Å². The molecule has 0 bridgehead atoms. The highest BCUT2D eigenvalue weighted by Gasteiger charge is 2.23. The fraction of sp³-hybridized carbons (Fsp3) is 0.500. The first-order chi connectivity index (χ1) is 7.54. The molecule has 1 unspecified atom stereocenters. The summed E-state index contributed by atoms with van der Waals surface area (Å²) in [5.41, 5.74) is 5.41. The maximum absolute atomic E-state index is 11.5. The van der Waals surface area contributed by atoms with Crippen molar-refractivity contribution in [3.8, 4) is 0 Å². The van der Waals surface area contributed by atoms with E-state index < -0.39 is 6.04 Å². The average Bonchev–Trinajstić information content (AvgIpc) is 2.27. The van der Waals surface area contributed by atoms with E-state index in [9.17, 15) is 4.79 Å². The van der Waals surface area contributed by atoms with Crippen LogP contribution in [0.15, 0.2) is 12.4 Å². The number of hydrogen-bond acceptors (Lipinski definition) is 6. The topological polar surface area (TPSA) is 90.1 Å². The van der Waals surface area contributed by atoms with Crippen LogP contribution in [0.3, 0.4) is 0 Å². The van der Waals surface area contributed by atoms with Gasteiger partial charge in [-0.2, -0.15) is 0 Å². The zero-order valence-electron chi connectivity index (χ0n) is 9.60. The predicted molar refractivity (Wildman–Crippen MR) is 60.7 cm³/mol. The maximum Gasteiger partial charge on any atom is 0.328 e. The van der Waals surface area contributed by atoms with Crippen LogP contribution in [0, 0.1) is 5.92 Å². The third kappa shape index (κ3) is 3.08. The van der Waals surface area contributed by atoms with Gasteiger partial charge >= 0.3 is 5.97 Å². The van der Waals surface area contributed by atoms with Gasteiger partial charge in [-0.15, -0.1) is 0 Å². The van der Waals surface area contributed by atoms with Crippen molar-refractivity contribution >= 4 is 17.6 Å². The van der Waals surface area contributed by atoms with E-state index in [2.05, 4.69) is 15.3 Å². The molecule has 1 heterocycles. The number of carbonyl (C=O) groups is 1. The lowest BCUT2D eigenvalue weighted by Crippen LogP contribution is -2.35. The molecule has 0 fully saturated rings. The number of hydrogen-bond donors (Lipinski definition) is 2. The Kier molecular flexibility index (Phi) is 4.04. The SMILES string of the molecule is COC(=O)C(Nc1cnc(N)cn1)C(C)C. The summed E-state index contributed by atoms with van der Waals surface area (Å²) in [5, 5.41) is 2.95. The first kappa shape index (κ1) is 12.2. The summed E-state index contributed by atoms with van der Waals surface area (Å²) in [4.78, 5) is 19.4. The molecule has 0 aromatic carbocycles. The highest BCUT2D eigenvalue weighted by atomic mass is 16.5. The van der Waals surface area contributed by atoms with Crippen LogP contribution in [-0.2, 0) is 9.53 Å². The summed E-state index contributed by atoms with van der Waals surface area (Å²) in [6.45, 7) is 3.83. The monoisotopic (exact) mass is 224 g/mol. The normalized spacial score (nSPS) is 12.2. The van der Waals surface area contributed by atoms with Crippen LogP contribution in [0.25, 0.3) is 0 Å². The third-order valence-electron chi connectivity index (χ3n) is 2.10. The van der Waals surface area contributed by atoms with Gasteiger partial charge in [0.05, 0.1) is 19.5 Å². The molecule has 1 atom stereocenters. The summed E-state index contributed by atoms with van der Waals surface area (Å²) >= 11 is 0. The van der Waals surface area contributed by atoms with Crippen LogP contribution in [0.4, 0.5) is 11.6 Å². The van der Waals surface area contributed by atoms with E-state index in [1.54, 1.807) is 0 Å². The van der Waals surface area contributed by atoms with Gasteiger partial charge in [-0.1, -0.05) is 13.8 Å². The quantitative estimate of drug-likeness (QED) is 0.730. The van der Waals surface area contributed by atoms with Crippen molar-refractivity contribution in [1.82, 2.24) is 9.97 Å². The van der Waals surface area contributed by atoms with Crippen molar-refractivity contribution in [2.45, 2.75) is 19.9 Å². The van der Waals surface area contributed by atoms with E-state index >= 15 is 0 Å². The van der Waals surface area contributed by atoms with Crippen LogP contribution in [0.2, 0.25) is 0 Å². The zero-order chi connectivity index (χ0) is 12.1. The van der Waals surface area contributed by atoms with Crippen LogP contribution in [-0.4, -0.2) is 29.1 Å². The number of nitrogen functional groups attached to an aromatic ring is 1. The molecule has 1 aromatic heterocycles. The third-order valence-corrected chi connectivity index (χ3v) is 2.10. The lowest BCUT2D eigenvalue weighted by Gasteiger charge is -2.19. The molecule has 16 heavy (non-hydrogen) atoms. The molecular weight excluding hydrogens is 208 g/mol. The van der Waals surface area contributed by atoms with E-state index in [1.165, 1.54) is 19.5 Å². The molecule has 6 heteroatoms. The number of nitrogens with zero attached hydrogens (tertiary/aromatic N) is 2. The molecule has 0 aliphatic heterocycles. The largest absolute Gasteiger partial charge is 0.467 e. The second-order valence-electron chi connectivity index (χ2n) is 3.72. The lowest BCUT2D eigenvalue weighted by molar-refractivity contribution is -0.142. The van der Waals surface area contributed by atoms with Crippen LogP contribution in [0.5, 0.6) is 0 Å². The predicted octanol–water partition coefficient (Wildman–Crippen LogP) is 0.668. The number of methoxy groups -OCH3 is 1. The Hall–Kier alpha value is -1.85. The second-order valence-corrected chi connectivity index (χ2v) is 3.72. The minimum atomic E-state index is -0.442. The van der Waals surface area contributed by atoms with Crippen molar-refractivity contribution in [2.75, 3.05) is 18.2 Å². The van der Waals surface area contributed by atoms with Gasteiger partial charge in [0.15, 0.2) is 0 Å². The number of nitrogens with one attached hydrogen (secondary N) is 1. The molecule has 88 valence electrons. The minimum absolute atomic E-state index is 0.0896. The molecule has 1 rings (SSSR count). The highest BCUT2D eigenvalue weighted by molar-refractivity contribution is 5.79. The summed E-state index contributed by atoms with van der Waals surface area (Å²) in [5.74, 6) is 0.600. The zero-order valence-corrected chi connectivity index (χ0v) is 9.60. The maximum atomic E-state index is 11.5. The smallest absolute Gasteiger partial charge is 0.328 e. The molecule has 0 saturated carbocycles. The molecule has 3 N–H and O–H groups in total. The lowest BCUT2D eigenvalue weighted by atomic mass is 10.1. The Labute approximate surface area is 94.2 Å². The number of esters is 1. The van der Waals surface area contributed by atoms with Gasteiger partial charge in [0.1, 0.15) is 17.7 Å². The van der Waals surface area contributed by atoms with Gasteiger partial charge < -0.3 is 15.8 Å². The Bertz CT molecular complexity index is 350. The van der Waals surface area contributed by atoms with Crippen LogP contribution in [0.1, 0.15) is 13.8 Å². The Morgan fingerprint density at radius 2 is 2.12 bits per heavy atom. The van der Waals surface area contributed by atoms with Crippen LogP contribution < -0.4 is 11.1 Å². The molecule has 0 amide bonds. The molecule has 6 nitrogen and oxygen atoms in total. The van der Waals surface area contributed by atoms with Gasteiger partial charge in [-0.05, 0) is 5.92 Å². The fourth-order valence-corrected chi connectivity index (χ4v) is 1.20. The Balaban J connectivity index is 2.75. The van der Waals surface area contributed by atoms with Gasteiger partial charge in [0.2, 0.25) is 0 Å². The summed E-state index contributed by atoms with van der Waals surface area (Å²) < 4.78 is 4.70. The second kappa shape index (κ2) is 5.29. The van der Waals surface area contributed by atoms with Crippen molar-refractivity contribution in [2.24, 2.45) is 5.92 Å². The summed E-state index contributed by atoms with van der Waals surface area (Å²) in [6.07, 6.45) is 2.91. The number of ether oxygens (including phenoxy) is 1.